The van der Waals surface area contributed by atoms with Crippen LogP contribution >= 0.6 is 0 Å². The summed E-state index contributed by atoms with van der Waals surface area (Å²) in [4.78, 5) is 0. The van der Waals surface area contributed by atoms with E-state index in [4.69, 9.17) is 4.74 Å². The second-order valence-electron chi connectivity index (χ2n) is 6.31. The lowest BCUT2D eigenvalue weighted by Crippen LogP contribution is -2.41. The van der Waals surface area contributed by atoms with Gasteiger partial charge in [0.15, 0.2) is 0 Å². The molecule has 1 saturated heterocycles. The Morgan fingerprint density at radius 3 is 2.71 bits per heavy atom. The monoisotopic (exact) mass is 240 g/mol. The van der Waals surface area contributed by atoms with Crippen LogP contribution in [0.25, 0.3) is 0 Å². The van der Waals surface area contributed by atoms with Gasteiger partial charge in [-0.2, -0.15) is 0 Å². The first-order chi connectivity index (χ1) is 8.15. The van der Waals surface area contributed by atoms with Crippen molar-refractivity contribution in [3.8, 4) is 0 Å². The lowest BCUT2D eigenvalue weighted by molar-refractivity contribution is -0.114. The molecule has 100 valence electrons. The SMILES string of the molecule is CCC(C)CC(O)C1CCOC2(CCCC2)C1. The normalized spacial score (nSPS) is 31.6. The van der Waals surface area contributed by atoms with Crippen molar-refractivity contribution in [3.63, 3.8) is 0 Å². The highest BCUT2D eigenvalue weighted by Crippen LogP contribution is 2.43. The molecule has 1 aliphatic heterocycles. The molecule has 0 bridgehead atoms. The van der Waals surface area contributed by atoms with Crippen LogP contribution in [0.3, 0.4) is 0 Å². The predicted molar refractivity (Wildman–Crippen MR) is 70.0 cm³/mol. The molecule has 2 heteroatoms. The number of aliphatic hydroxyl groups excluding tert-OH is 1. The molecule has 3 atom stereocenters. The van der Waals surface area contributed by atoms with Gasteiger partial charge < -0.3 is 9.84 Å². The van der Waals surface area contributed by atoms with Crippen LogP contribution in [0.4, 0.5) is 0 Å². The van der Waals surface area contributed by atoms with E-state index in [9.17, 15) is 5.11 Å². The molecule has 1 saturated carbocycles. The van der Waals surface area contributed by atoms with Gasteiger partial charge in [0.05, 0.1) is 11.7 Å². The minimum Gasteiger partial charge on any atom is -0.393 e. The van der Waals surface area contributed by atoms with E-state index in [-0.39, 0.29) is 11.7 Å². The molecular weight excluding hydrogens is 212 g/mol. The van der Waals surface area contributed by atoms with Crippen molar-refractivity contribution >= 4 is 0 Å². The molecule has 0 aromatic carbocycles. The predicted octanol–water partition coefficient (Wildman–Crippen LogP) is 3.52. The summed E-state index contributed by atoms with van der Waals surface area (Å²) < 4.78 is 6.03. The van der Waals surface area contributed by atoms with Gasteiger partial charge in [-0.3, -0.25) is 0 Å². The first-order valence-electron chi connectivity index (χ1n) is 7.47. The Labute approximate surface area is 106 Å². The molecule has 1 heterocycles. The summed E-state index contributed by atoms with van der Waals surface area (Å²) in [6, 6.07) is 0. The van der Waals surface area contributed by atoms with Crippen LogP contribution < -0.4 is 0 Å². The van der Waals surface area contributed by atoms with Gasteiger partial charge in [-0.15, -0.1) is 0 Å². The summed E-state index contributed by atoms with van der Waals surface area (Å²) in [7, 11) is 0. The van der Waals surface area contributed by atoms with Crippen molar-refractivity contribution in [2.45, 2.75) is 76.9 Å². The summed E-state index contributed by atoms with van der Waals surface area (Å²) in [6.45, 7) is 5.32. The van der Waals surface area contributed by atoms with Gasteiger partial charge in [0.2, 0.25) is 0 Å². The number of hydrogen-bond donors (Lipinski definition) is 1. The van der Waals surface area contributed by atoms with Crippen molar-refractivity contribution in [3.05, 3.63) is 0 Å². The molecule has 17 heavy (non-hydrogen) atoms. The van der Waals surface area contributed by atoms with Crippen LogP contribution in [0.15, 0.2) is 0 Å². The van der Waals surface area contributed by atoms with Gasteiger partial charge in [-0.05, 0) is 43.9 Å². The molecule has 3 unspecified atom stereocenters. The zero-order chi connectivity index (χ0) is 12.3. The molecule has 2 fully saturated rings. The Balaban J connectivity index is 1.88. The largest absolute Gasteiger partial charge is 0.393 e. The number of hydrogen-bond acceptors (Lipinski definition) is 2. The van der Waals surface area contributed by atoms with Crippen LogP contribution in [0.1, 0.15) is 65.2 Å². The number of rotatable bonds is 4. The third-order valence-corrected chi connectivity index (χ3v) is 4.93. The standard InChI is InChI=1S/C15H28O2/c1-3-12(2)10-14(16)13-6-9-17-15(11-13)7-4-5-8-15/h12-14,16H,3-11H2,1-2H3. The van der Waals surface area contributed by atoms with Gasteiger partial charge in [0, 0.05) is 6.61 Å². The van der Waals surface area contributed by atoms with E-state index in [1.165, 1.54) is 32.1 Å². The fourth-order valence-electron chi connectivity index (χ4n) is 3.53. The summed E-state index contributed by atoms with van der Waals surface area (Å²) in [6.07, 6.45) is 9.26. The number of aliphatic hydroxyl groups is 1. The molecule has 2 nitrogen and oxygen atoms in total. The van der Waals surface area contributed by atoms with Gasteiger partial charge in [0.1, 0.15) is 0 Å². The molecule has 0 aromatic rings. The summed E-state index contributed by atoms with van der Waals surface area (Å²) >= 11 is 0. The third kappa shape index (κ3) is 3.23. The Morgan fingerprint density at radius 2 is 2.06 bits per heavy atom. The lowest BCUT2D eigenvalue weighted by atomic mass is 9.79. The van der Waals surface area contributed by atoms with Crippen molar-refractivity contribution in [1.29, 1.82) is 0 Å². The van der Waals surface area contributed by atoms with E-state index >= 15 is 0 Å². The topological polar surface area (TPSA) is 29.5 Å². The molecular formula is C15H28O2. The van der Waals surface area contributed by atoms with Crippen LogP contribution in [0.5, 0.6) is 0 Å². The molecule has 0 amide bonds. The van der Waals surface area contributed by atoms with Crippen molar-refractivity contribution in [2.24, 2.45) is 11.8 Å². The first kappa shape index (κ1) is 13.4. The van der Waals surface area contributed by atoms with Crippen LogP contribution in [-0.4, -0.2) is 23.4 Å². The van der Waals surface area contributed by atoms with E-state index in [1.807, 2.05) is 0 Å². The summed E-state index contributed by atoms with van der Waals surface area (Å²) in [5.41, 5.74) is 0.152. The Morgan fingerprint density at radius 1 is 1.35 bits per heavy atom. The zero-order valence-corrected chi connectivity index (χ0v) is 11.5. The average Bonchev–Trinajstić information content (AvgIpc) is 2.77. The maximum Gasteiger partial charge on any atom is 0.0686 e. The highest BCUT2D eigenvalue weighted by molar-refractivity contribution is 4.92. The fraction of sp³-hybridized carbons (Fsp3) is 1.00. The van der Waals surface area contributed by atoms with E-state index in [0.29, 0.717) is 11.8 Å². The van der Waals surface area contributed by atoms with E-state index in [0.717, 1.165) is 25.9 Å². The van der Waals surface area contributed by atoms with Crippen molar-refractivity contribution in [2.75, 3.05) is 6.61 Å². The van der Waals surface area contributed by atoms with Crippen LogP contribution in [-0.2, 0) is 4.74 Å². The molecule has 1 spiro atoms. The molecule has 1 N–H and O–H groups in total. The van der Waals surface area contributed by atoms with Gasteiger partial charge in [0.25, 0.3) is 0 Å². The smallest absolute Gasteiger partial charge is 0.0686 e. The van der Waals surface area contributed by atoms with Gasteiger partial charge in [-0.1, -0.05) is 33.1 Å². The Kier molecular flexibility index (Phi) is 4.48. The molecule has 0 aromatic heterocycles. The summed E-state index contributed by atoms with van der Waals surface area (Å²) in [5.74, 6) is 1.13. The Bertz CT molecular complexity index is 233. The second kappa shape index (κ2) is 5.71. The Hall–Kier alpha value is -0.0800. The maximum absolute atomic E-state index is 10.4. The van der Waals surface area contributed by atoms with Gasteiger partial charge in [-0.25, -0.2) is 0 Å². The van der Waals surface area contributed by atoms with Crippen molar-refractivity contribution < 1.29 is 9.84 Å². The molecule has 2 aliphatic rings. The fourth-order valence-corrected chi connectivity index (χ4v) is 3.53. The molecule has 2 rings (SSSR count). The van der Waals surface area contributed by atoms with Crippen molar-refractivity contribution in [1.82, 2.24) is 0 Å². The average molecular weight is 240 g/mol. The molecule has 0 radical (unpaired) electrons. The van der Waals surface area contributed by atoms with E-state index < -0.39 is 0 Å². The van der Waals surface area contributed by atoms with Crippen LogP contribution in [0.2, 0.25) is 0 Å². The molecule has 1 aliphatic carbocycles. The highest BCUT2D eigenvalue weighted by Gasteiger charge is 2.41. The number of ether oxygens (including phenoxy) is 1. The van der Waals surface area contributed by atoms with E-state index in [1.54, 1.807) is 0 Å². The summed E-state index contributed by atoms with van der Waals surface area (Å²) in [5, 5.41) is 10.4. The lowest BCUT2D eigenvalue weighted by Gasteiger charge is -2.40. The minimum absolute atomic E-state index is 0.105. The zero-order valence-electron chi connectivity index (χ0n) is 11.5. The first-order valence-corrected chi connectivity index (χ1v) is 7.47. The van der Waals surface area contributed by atoms with Crippen LogP contribution in [0, 0.1) is 11.8 Å². The quantitative estimate of drug-likeness (QED) is 0.814. The minimum atomic E-state index is -0.105. The maximum atomic E-state index is 10.4. The van der Waals surface area contributed by atoms with Gasteiger partial charge >= 0.3 is 0 Å². The second-order valence-corrected chi connectivity index (χ2v) is 6.31. The van der Waals surface area contributed by atoms with E-state index in [2.05, 4.69) is 13.8 Å². The highest BCUT2D eigenvalue weighted by atomic mass is 16.5. The third-order valence-electron chi connectivity index (χ3n) is 4.93.